The van der Waals surface area contributed by atoms with Gasteiger partial charge in [-0.05, 0) is 55.4 Å². The molecule has 1 unspecified atom stereocenters. The lowest BCUT2D eigenvalue weighted by atomic mass is 9.98. The zero-order valence-corrected chi connectivity index (χ0v) is 30.7. The predicted octanol–water partition coefficient (Wildman–Crippen LogP) is 2.09. The lowest BCUT2D eigenvalue weighted by Gasteiger charge is -2.37. The molecule has 1 aliphatic heterocycles. The number of hydrogen-bond donors (Lipinski definition) is 4. The highest BCUT2D eigenvalue weighted by molar-refractivity contribution is 7.16. The topological polar surface area (TPSA) is 216 Å². The Hall–Kier alpha value is -5.04. The second-order valence-electron chi connectivity index (χ2n) is 13.7. The number of ether oxygens (including phenoxy) is 2. The summed E-state index contributed by atoms with van der Waals surface area (Å²) >= 11 is 2.16. The van der Waals surface area contributed by atoms with Crippen LogP contribution in [-0.4, -0.2) is 85.9 Å². The maximum atomic E-state index is 13.6. The van der Waals surface area contributed by atoms with Crippen molar-refractivity contribution in [3.05, 3.63) is 40.9 Å². The first-order chi connectivity index (χ1) is 23.2. The minimum absolute atomic E-state index is 0.0140. The maximum absolute atomic E-state index is 13.6. The first-order valence-electron chi connectivity index (χ1n) is 15.3. The van der Waals surface area contributed by atoms with E-state index in [1.54, 1.807) is 58.6 Å². The number of carbonyl (C=O) groups is 5. The second kappa shape index (κ2) is 14.8. The van der Waals surface area contributed by atoms with Crippen molar-refractivity contribution < 1.29 is 42.9 Å². The van der Waals surface area contributed by atoms with Gasteiger partial charge < -0.3 is 30.3 Å². The Balaban J connectivity index is 1.47. The van der Waals surface area contributed by atoms with Crippen molar-refractivity contribution >= 4 is 63.3 Å². The highest BCUT2D eigenvalue weighted by Gasteiger charge is 2.42. The summed E-state index contributed by atoms with van der Waals surface area (Å²) in [6.45, 7) is 13.0. The Labute approximate surface area is 296 Å². The van der Waals surface area contributed by atoms with Gasteiger partial charge in [-0.3, -0.25) is 19.7 Å². The molecule has 1 fully saturated rings. The number of aryl methyl sites for hydroxylation is 1. The molecule has 2 atom stereocenters. The van der Waals surface area contributed by atoms with E-state index < -0.39 is 64.4 Å². The van der Waals surface area contributed by atoms with E-state index in [0.29, 0.717) is 9.88 Å². The van der Waals surface area contributed by atoms with E-state index in [2.05, 4.69) is 41.4 Å². The third-order valence-electron chi connectivity index (χ3n) is 6.39. The van der Waals surface area contributed by atoms with Gasteiger partial charge in [0.05, 0.1) is 24.8 Å². The largest absolute Gasteiger partial charge is 0.457 e. The molecule has 0 bridgehead atoms. The third-order valence-corrected chi connectivity index (χ3v) is 8.19. The Morgan fingerprint density at radius 3 is 2.38 bits per heavy atom. The highest BCUT2D eigenvalue weighted by atomic mass is 32.1. The van der Waals surface area contributed by atoms with Gasteiger partial charge in [-0.2, -0.15) is 0 Å². The van der Waals surface area contributed by atoms with E-state index >= 15 is 0 Å². The molecular weight excluding hydrogens is 691 g/mol. The van der Waals surface area contributed by atoms with Crippen molar-refractivity contribution in [1.29, 1.82) is 0 Å². The fraction of sp³-hybridized carbons (Fsp3) is 0.484. The minimum Gasteiger partial charge on any atom is -0.457 e. The zero-order valence-electron chi connectivity index (χ0n) is 29.1. The van der Waals surface area contributed by atoms with Crippen LogP contribution < -0.4 is 25.8 Å². The number of β-lactam (4-membered cyclic amide) rings is 1. The molecule has 4 rings (SSSR count). The molecule has 4 N–H and O–H groups in total. The van der Waals surface area contributed by atoms with E-state index in [9.17, 15) is 24.0 Å². The molecule has 0 spiro atoms. The van der Waals surface area contributed by atoms with Crippen molar-refractivity contribution in [3.8, 4) is 10.6 Å². The van der Waals surface area contributed by atoms with Crippen molar-refractivity contribution in [1.82, 2.24) is 30.9 Å². The van der Waals surface area contributed by atoms with Gasteiger partial charge in [0.2, 0.25) is 11.5 Å². The fourth-order valence-electron chi connectivity index (χ4n) is 4.04. The van der Waals surface area contributed by atoms with Gasteiger partial charge in [0.25, 0.3) is 18.1 Å². The number of thiazole rings is 2. The molecule has 0 saturated carbocycles. The highest BCUT2D eigenvalue weighted by Crippen LogP contribution is 2.24. The van der Waals surface area contributed by atoms with Crippen LogP contribution in [0.2, 0.25) is 0 Å². The predicted molar refractivity (Wildman–Crippen MR) is 182 cm³/mol. The number of oxime groups is 1. The van der Waals surface area contributed by atoms with Crippen molar-refractivity contribution in [2.24, 2.45) is 12.2 Å². The minimum atomic E-state index is -1.63. The van der Waals surface area contributed by atoms with Crippen LogP contribution in [0.15, 0.2) is 35.5 Å². The second-order valence-corrected chi connectivity index (χ2v) is 15.5. The summed E-state index contributed by atoms with van der Waals surface area (Å²) in [4.78, 5) is 82.7. The van der Waals surface area contributed by atoms with Gasteiger partial charge in [-0.1, -0.05) is 10.1 Å². The van der Waals surface area contributed by atoms with Crippen LogP contribution in [0.4, 0.5) is 9.93 Å². The van der Waals surface area contributed by atoms with Gasteiger partial charge in [-0.25, -0.2) is 24.1 Å². The molecule has 0 aromatic carbocycles. The molecule has 268 valence electrons. The monoisotopic (exact) mass is 730 g/mol. The van der Waals surface area contributed by atoms with Crippen LogP contribution >= 0.6 is 22.7 Å². The number of anilines is 1. The van der Waals surface area contributed by atoms with E-state index in [0.717, 1.165) is 16.9 Å². The van der Waals surface area contributed by atoms with Gasteiger partial charge >= 0.3 is 12.1 Å². The average molecular weight is 731 g/mol. The first-order valence-corrected chi connectivity index (χ1v) is 17.0. The van der Waals surface area contributed by atoms with Crippen LogP contribution in [0.3, 0.4) is 0 Å². The molecule has 4 amide bonds. The van der Waals surface area contributed by atoms with Crippen molar-refractivity contribution in [2.75, 3.05) is 11.9 Å². The molecule has 0 aliphatic carbocycles. The van der Waals surface area contributed by atoms with Crippen LogP contribution in [-0.2, 0) is 35.7 Å². The van der Waals surface area contributed by atoms with Gasteiger partial charge in [0.15, 0.2) is 17.0 Å². The average Bonchev–Trinajstić information content (AvgIpc) is 3.66. The normalized spacial score (nSPS) is 16.4. The van der Waals surface area contributed by atoms with Gasteiger partial charge in [-0.15, -0.1) is 22.7 Å². The summed E-state index contributed by atoms with van der Waals surface area (Å²) in [5.74, 6) is -2.52. The van der Waals surface area contributed by atoms with Crippen LogP contribution in [0.5, 0.6) is 0 Å². The number of amides is 4. The van der Waals surface area contributed by atoms with Gasteiger partial charge in [0.1, 0.15) is 39.0 Å². The van der Waals surface area contributed by atoms with Gasteiger partial charge in [0, 0.05) is 11.9 Å². The smallest absolute Gasteiger partial charge is 0.413 e. The molecule has 0 radical (unpaired) electrons. The SMILES string of the molecule is C[n+]1cncc(-c2ncc(C(=O)NC[C@H]3NC(=O)C3NC(=O)/C(=N\OC(C)(C)C(=O)OC(C)(C)C)c3csc(NC(=O)OC(C)(C)C)n3)s2)c1. The van der Waals surface area contributed by atoms with E-state index in [1.165, 1.54) is 36.8 Å². The van der Waals surface area contributed by atoms with Crippen LogP contribution in [0, 0.1) is 0 Å². The Kier molecular flexibility index (Phi) is 11.2. The van der Waals surface area contributed by atoms with Crippen molar-refractivity contribution in [3.63, 3.8) is 0 Å². The summed E-state index contributed by atoms with van der Waals surface area (Å²) in [7, 11) is 1.82. The number of nitrogens with zero attached hydrogens (tertiary/aromatic N) is 5. The number of carbonyl (C=O) groups excluding carboxylic acids is 5. The molecule has 1 saturated heterocycles. The number of rotatable bonds is 11. The summed E-state index contributed by atoms with van der Waals surface area (Å²) in [6, 6.07) is -1.72. The van der Waals surface area contributed by atoms with Crippen molar-refractivity contribution in [2.45, 2.75) is 84.3 Å². The lowest BCUT2D eigenvalue weighted by Crippen LogP contribution is -2.72. The Morgan fingerprint density at radius 1 is 1.04 bits per heavy atom. The van der Waals surface area contributed by atoms with E-state index in [-0.39, 0.29) is 17.4 Å². The molecule has 17 nitrogen and oxygen atoms in total. The van der Waals surface area contributed by atoms with E-state index in [4.69, 9.17) is 14.3 Å². The summed E-state index contributed by atoms with van der Waals surface area (Å²) in [6.07, 6.45) is 5.79. The quantitative estimate of drug-likeness (QED) is 0.0737. The van der Waals surface area contributed by atoms with Crippen LogP contribution in [0.1, 0.15) is 70.8 Å². The fourth-order valence-corrected chi connectivity index (χ4v) is 5.53. The lowest BCUT2D eigenvalue weighted by molar-refractivity contribution is -0.674. The first kappa shape index (κ1) is 37.8. The number of nitrogens with one attached hydrogen (secondary N) is 4. The number of aromatic nitrogens is 4. The Bertz CT molecular complexity index is 1810. The number of hydrogen-bond acceptors (Lipinski definition) is 14. The summed E-state index contributed by atoms with van der Waals surface area (Å²) in [5, 5.41) is 16.6. The maximum Gasteiger partial charge on any atom is 0.413 e. The molecule has 3 aromatic rings. The summed E-state index contributed by atoms with van der Waals surface area (Å²) in [5.41, 5.74) is -2.88. The number of esters is 1. The standard InChI is InChI=1S/C31H39N9O8S2/c1-29(2,3)46-26(44)31(7,8)48-39-21(18-14-49-27(36-18)38-28(45)47-30(4,5)6)24(43)37-20-17(35-23(20)42)11-33-22(41)19-12-34-25(50-19)16-10-32-15-40(9)13-16/h10,12-15,17,20H,11H2,1-9H3,(H3-,33,35,36,37,38,41,42,43,45)/p+1/b39-21-/t17-,20?/m1/s1. The molecule has 3 aromatic heterocycles. The third kappa shape index (κ3) is 10.2. The zero-order chi connectivity index (χ0) is 37.0. The molecule has 4 heterocycles. The molecule has 1 aliphatic rings. The Morgan fingerprint density at radius 2 is 1.74 bits per heavy atom. The molecule has 19 heteroatoms. The van der Waals surface area contributed by atoms with E-state index in [1.807, 2.05) is 13.2 Å². The molecule has 50 heavy (non-hydrogen) atoms. The summed E-state index contributed by atoms with van der Waals surface area (Å²) < 4.78 is 12.4. The van der Waals surface area contributed by atoms with Crippen LogP contribution in [0.25, 0.3) is 10.6 Å². The molecular formula is C31H40N9O8S2+.